The van der Waals surface area contributed by atoms with Crippen LogP contribution in [0.15, 0.2) is 6.20 Å². The van der Waals surface area contributed by atoms with Crippen LogP contribution < -0.4 is 5.32 Å². The number of urea groups is 1. The van der Waals surface area contributed by atoms with Crippen molar-refractivity contribution >= 4 is 12.0 Å². The van der Waals surface area contributed by atoms with Crippen molar-refractivity contribution in [3.8, 4) is 0 Å². The summed E-state index contributed by atoms with van der Waals surface area (Å²) in [7, 11) is 0. The number of carbonyl (C=O) groups is 2. The minimum Gasteiger partial charge on any atom is -0.476 e. The Morgan fingerprint density at radius 1 is 1.50 bits per heavy atom. The molecule has 9 nitrogen and oxygen atoms in total. The maximum Gasteiger partial charge on any atom is 0.358 e. The number of carboxylic acids is 1. The molecule has 112 valence electrons. The first-order valence-electron chi connectivity index (χ1n) is 6.24. The first-order chi connectivity index (χ1) is 9.45. The molecule has 0 fully saturated rings. The first-order valence-corrected chi connectivity index (χ1v) is 6.24. The Kier molecular flexibility index (Phi) is 5.91. The van der Waals surface area contributed by atoms with E-state index in [4.69, 9.17) is 10.2 Å². The largest absolute Gasteiger partial charge is 0.476 e. The van der Waals surface area contributed by atoms with Gasteiger partial charge in [-0.05, 0) is 13.8 Å². The summed E-state index contributed by atoms with van der Waals surface area (Å²) in [5.41, 5.74) is -0.139. The number of aromatic carboxylic acids is 1. The Balaban J connectivity index is 2.42. The highest BCUT2D eigenvalue weighted by Gasteiger charge is 2.15. The maximum atomic E-state index is 11.8. The summed E-state index contributed by atoms with van der Waals surface area (Å²) in [4.78, 5) is 24.0. The molecule has 1 heterocycles. The number of carbonyl (C=O) groups excluding carboxylic acids is 1. The summed E-state index contributed by atoms with van der Waals surface area (Å²) >= 11 is 0. The molecule has 1 aromatic heterocycles. The molecule has 1 rings (SSSR count). The SMILES string of the molecule is CC(C)N(CCO)C(=O)NCCn1cc(C(=O)O)nn1. The molecule has 20 heavy (non-hydrogen) atoms. The zero-order chi connectivity index (χ0) is 15.1. The number of amides is 2. The van der Waals surface area contributed by atoms with Crippen LogP contribution in [0.1, 0.15) is 24.3 Å². The molecule has 9 heteroatoms. The Hall–Kier alpha value is -2.16. The number of hydrogen-bond donors (Lipinski definition) is 3. The van der Waals surface area contributed by atoms with Crippen molar-refractivity contribution in [1.82, 2.24) is 25.2 Å². The molecule has 0 aliphatic heterocycles. The van der Waals surface area contributed by atoms with Crippen LogP contribution >= 0.6 is 0 Å². The summed E-state index contributed by atoms with van der Waals surface area (Å²) < 4.78 is 1.34. The Labute approximate surface area is 116 Å². The van der Waals surface area contributed by atoms with E-state index in [2.05, 4.69) is 15.6 Å². The van der Waals surface area contributed by atoms with Crippen LogP contribution in [-0.2, 0) is 6.54 Å². The van der Waals surface area contributed by atoms with E-state index in [-0.39, 0.29) is 37.5 Å². The number of aliphatic hydroxyl groups is 1. The monoisotopic (exact) mass is 285 g/mol. The molecular formula is C11H19N5O4. The highest BCUT2D eigenvalue weighted by Crippen LogP contribution is 1.98. The van der Waals surface area contributed by atoms with Crippen LogP contribution in [0.3, 0.4) is 0 Å². The van der Waals surface area contributed by atoms with Crippen LogP contribution in [0.25, 0.3) is 0 Å². The lowest BCUT2D eigenvalue weighted by Crippen LogP contribution is -2.46. The smallest absolute Gasteiger partial charge is 0.358 e. The van der Waals surface area contributed by atoms with Gasteiger partial charge in [-0.3, -0.25) is 0 Å². The highest BCUT2D eigenvalue weighted by molar-refractivity contribution is 5.84. The summed E-state index contributed by atoms with van der Waals surface area (Å²) in [5.74, 6) is -1.14. The van der Waals surface area contributed by atoms with Crippen molar-refractivity contribution in [2.24, 2.45) is 0 Å². The molecule has 0 saturated heterocycles. The average molecular weight is 285 g/mol. The van der Waals surface area contributed by atoms with Gasteiger partial charge in [0.15, 0.2) is 5.69 Å². The van der Waals surface area contributed by atoms with Crippen LogP contribution in [0.5, 0.6) is 0 Å². The molecule has 2 amide bonds. The van der Waals surface area contributed by atoms with Crippen molar-refractivity contribution in [1.29, 1.82) is 0 Å². The van der Waals surface area contributed by atoms with E-state index in [1.54, 1.807) is 0 Å². The Morgan fingerprint density at radius 2 is 2.20 bits per heavy atom. The van der Waals surface area contributed by atoms with Gasteiger partial charge in [-0.25, -0.2) is 14.3 Å². The van der Waals surface area contributed by atoms with Gasteiger partial charge < -0.3 is 20.4 Å². The Morgan fingerprint density at radius 3 is 2.70 bits per heavy atom. The van der Waals surface area contributed by atoms with Gasteiger partial charge in [0.1, 0.15) is 0 Å². The molecular weight excluding hydrogens is 266 g/mol. The van der Waals surface area contributed by atoms with Crippen molar-refractivity contribution < 1.29 is 19.8 Å². The van der Waals surface area contributed by atoms with E-state index in [9.17, 15) is 9.59 Å². The molecule has 0 aliphatic rings. The predicted octanol–water partition coefficient (Wildman–Crippen LogP) is -0.611. The van der Waals surface area contributed by atoms with E-state index in [0.29, 0.717) is 6.54 Å². The fraction of sp³-hybridized carbons (Fsp3) is 0.636. The lowest BCUT2D eigenvalue weighted by atomic mass is 10.3. The van der Waals surface area contributed by atoms with Gasteiger partial charge in [0.05, 0.1) is 19.3 Å². The number of aliphatic hydroxyl groups excluding tert-OH is 1. The Bertz CT molecular complexity index is 459. The second kappa shape index (κ2) is 7.43. The molecule has 0 spiro atoms. The lowest BCUT2D eigenvalue weighted by Gasteiger charge is -2.26. The summed E-state index contributed by atoms with van der Waals surface area (Å²) in [5, 5.41) is 27.4. The lowest BCUT2D eigenvalue weighted by molar-refractivity contribution is 0.0690. The third-order valence-corrected chi connectivity index (χ3v) is 2.60. The zero-order valence-corrected chi connectivity index (χ0v) is 11.5. The predicted molar refractivity (Wildman–Crippen MR) is 69.3 cm³/mol. The van der Waals surface area contributed by atoms with Gasteiger partial charge in [0.2, 0.25) is 0 Å². The van der Waals surface area contributed by atoms with Crippen molar-refractivity contribution in [2.45, 2.75) is 26.4 Å². The van der Waals surface area contributed by atoms with E-state index >= 15 is 0 Å². The third kappa shape index (κ3) is 4.50. The van der Waals surface area contributed by atoms with Crippen LogP contribution in [0.2, 0.25) is 0 Å². The van der Waals surface area contributed by atoms with Gasteiger partial charge >= 0.3 is 12.0 Å². The van der Waals surface area contributed by atoms with E-state index in [1.807, 2.05) is 13.8 Å². The third-order valence-electron chi connectivity index (χ3n) is 2.60. The van der Waals surface area contributed by atoms with Crippen LogP contribution in [0, 0.1) is 0 Å². The summed E-state index contributed by atoms with van der Waals surface area (Å²) in [6.07, 6.45) is 1.29. The molecule has 0 aromatic carbocycles. The molecule has 0 aliphatic carbocycles. The summed E-state index contributed by atoms with van der Waals surface area (Å²) in [6, 6.07) is -0.306. The van der Waals surface area contributed by atoms with Gasteiger partial charge in [0, 0.05) is 19.1 Å². The summed E-state index contributed by atoms with van der Waals surface area (Å²) in [6.45, 7) is 4.47. The van der Waals surface area contributed by atoms with Gasteiger partial charge in [0.25, 0.3) is 0 Å². The molecule has 0 unspecified atom stereocenters. The van der Waals surface area contributed by atoms with Crippen molar-refractivity contribution in [3.05, 3.63) is 11.9 Å². The number of nitrogens with one attached hydrogen (secondary N) is 1. The average Bonchev–Trinajstić information content (AvgIpc) is 2.84. The van der Waals surface area contributed by atoms with E-state index in [1.165, 1.54) is 15.8 Å². The molecule has 0 radical (unpaired) electrons. The molecule has 0 bridgehead atoms. The van der Waals surface area contributed by atoms with E-state index < -0.39 is 5.97 Å². The standard InChI is InChI=1S/C11H19N5O4/c1-8(2)16(5-6-17)11(20)12-3-4-15-7-9(10(18)19)13-14-15/h7-8,17H,3-6H2,1-2H3,(H,12,20)(H,18,19). The maximum absolute atomic E-state index is 11.8. The molecule has 3 N–H and O–H groups in total. The second-order valence-corrected chi connectivity index (χ2v) is 4.41. The number of nitrogens with zero attached hydrogens (tertiary/aromatic N) is 4. The van der Waals surface area contributed by atoms with E-state index in [0.717, 1.165) is 0 Å². The zero-order valence-electron chi connectivity index (χ0n) is 11.5. The van der Waals surface area contributed by atoms with Crippen molar-refractivity contribution in [2.75, 3.05) is 19.7 Å². The van der Waals surface area contributed by atoms with Gasteiger partial charge in [-0.2, -0.15) is 0 Å². The molecule has 0 saturated carbocycles. The molecule has 0 atom stereocenters. The minimum absolute atomic E-state index is 0.0212. The number of carboxylic acid groups (broad SMARTS) is 1. The van der Waals surface area contributed by atoms with Gasteiger partial charge in [-0.15, -0.1) is 5.10 Å². The normalized spacial score (nSPS) is 10.6. The molecule has 1 aromatic rings. The first kappa shape index (κ1) is 15.9. The number of hydrogen-bond acceptors (Lipinski definition) is 5. The topological polar surface area (TPSA) is 121 Å². The minimum atomic E-state index is -1.14. The van der Waals surface area contributed by atoms with Crippen LogP contribution in [-0.4, -0.2) is 67.8 Å². The number of rotatable bonds is 7. The highest BCUT2D eigenvalue weighted by atomic mass is 16.4. The second-order valence-electron chi connectivity index (χ2n) is 4.41. The van der Waals surface area contributed by atoms with Crippen LogP contribution in [0.4, 0.5) is 4.79 Å². The van der Waals surface area contributed by atoms with Gasteiger partial charge in [-0.1, -0.05) is 5.21 Å². The fourth-order valence-electron chi connectivity index (χ4n) is 1.59. The fourth-order valence-corrected chi connectivity index (χ4v) is 1.59. The number of aromatic nitrogens is 3. The quantitative estimate of drug-likeness (QED) is 0.614. The van der Waals surface area contributed by atoms with Crippen molar-refractivity contribution in [3.63, 3.8) is 0 Å².